The number of sulfonamides is 1. The Morgan fingerprint density at radius 1 is 1.37 bits per heavy atom. The predicted molar refractivity (Wildman–Crippen MR) is 69.5 cm³/mol. The molecule has 0 spiro atoms. The molecular formula is C12H18N2O4S. The highest BCUT2D eigenvalue weighted by Crippen LogP contribution is 2.23. The molecule has 2 rings (SSSR count). The van der Waals surface area contributed by atoms with Crippen LogP contribution >= 0.6 is 0 Å². The van der Waals surface area contributed by atoms with Gasteiger partial charge in [0.2, 0.25) is 10.0 Å². The molecule has 19 heavy (non-hydrogen) atoms. The fourth-order valence-corrected chi connectivity index (χ4v) is 3.46. The predicted octanol–water partition coefficient (Wildman–Crippen LogP) is 1.57. The number of hydrogen-bond acceptors (Lipinski definition) is 3. The third kappa shape index (κ3) is 3.57. The standard InChI is InChI=1S/C12H18N2O4S/c15-12(16)11-6-10(8-13-11)19(17,18)14-7-9-4-2-1-3-5-9/h6,8-9,13-14H,1-5,7H2,(H,15,16). The Balaban J connectivity index is 1.98. The number of H-pyrrole nitrogens is 1. The molecule has 7 heteroatoms. The maximum absolute atomic E-state index is 12.0. The fraction of sp³-hybridized carbons (Fsp3) is 0.583. The summed E-state index contributed by atoms with van der Waals surface area (Å²) < 4.78 is 26.5. The summed E-state index contributed by atoms with van der Waals surface area (Å²) in [5.74, 6) is -0.782. The first-order valence-corrected chi connectivity index (χ1v) is 7.89. The van der Waals surface area contributed by atoms with Crippen LogP contribution in [0.2, 0.25) is 0 Å². The number of carboxylic acids is 1. The van der Waals surface area contributed by atoms with E-state index in [4.69, 9.17) is 5.11 Å². The number of aromatic carboxylic acids is 1. The quantitative estimate of drug-likeness (QED) is 0.765. The molecule has 0 aromatic carbocycles. The van der Waals surface area contributed by atoms with Gasteiger partial charge in [0.1, 0.15) is 10.6 Å². The maximum atomic E-state index is 12.0. The summed E-state index contributed by atoms with van der Waals surface area (Å²) in [6, 6.07) is 1.13. The van der Waals surface area contributed by atoms with E-state index in [9.17, 15) is 13.2 Å². The van der Waals surface area contributed by atoms with E-state index in [0.29, 0.717) is 12.5 Å². The molecule has 1 saturated carbocycles. The third-order valence-electron chi connectivity index (χ3n) is 3.48. The minimum absolute atomic E-state index is 0.0271. The Morgan fingerprint density at radius 3 is 2.63 bits per heavy atom. The van der Waals surface area contributed by atoms with Crippen molar-refractivity contribution in [3.8, 4) is 0 Å². The summed E-state index contributed by atoms with van der Waals surface area (Å²) in [5.41, 5.74) is -0.127. The van der Waals surface area contributed by atoms with Gasteiger partial charge in [-0.3, -0.25) is 0 Å². The highest BCUT2D eigenvalue weighted by Gasteiger charge is 2.20. The van der Waals surface area contributed by atoms with E-state index in [1.165, 1.54) is 12.6 Å². The second-order valence-corrected chi connectivity index (χ2v) is 6.68. The van der Waals surface area contributed by atoms with Crippen molar-refractivity contribution in [3.05, 3.63) is 18.0 Å². The normalized spacial score (nSPS) is 17.5. The van der Waals surface area contributed by atoms with E-state index in [0.717, 1.165) is 31.7 Å². The average Bonchev–Trinajstić information content (AvgIpc) is 2.88. The Labute approximate surface area is 112 Å². The van der Waals surface area contributed by atoms with Gasteiger partial charge < -0.3 is 10.1 Å². The lowest BCUT2D eigenvalue weighted by Gasteiger charge is -2.21. The second-order valence-electron chi connectivity index (χ2n) is 4.91. The SMILES string of the molecule is O=C(O)c1cc(S(=O)(=O)NCC2CCCCC2)c[nH]1. The molecule has 1 aromatic heterocycles. The molecule has 1 heterocycles. The molecule has 0 bridgehead atoms. The monoisotopic (exact) mass is 286 g/mol. The third-order valence-corrected chi connectivity index (χ3v) is 4.89. The van der Waals surface area contributed by atoms with Crippen LogP contribution in [0.3, 0.4) is 0 Å². The van der Waals surface area contributed by atoms with E-state index in [1.54, 1.807) is 0 Å². The molecule has 106 valence electrons. The molecule has 0 atom stereocenters. The first-order valence-electron chi connectivity index (χ1n) is 6.40. The molecule has 6 nitrogen and oxygen atoms in total. The zero-order chi connectivity index (χ0) is 13.9. The van der Waals surface area contributed by atoms with Crippen LogP contribution in [0.1, 0.15) is 42.6 Å². The summed E-state index contributed by atoms with van der Waals surface area (Å²) in [6.07, 6.45) is 6.83. The van der Waals surface area contributed by atoms with Gasteiger partial charge in [0, 0.05) is 12.7 Å². The van der Waals surface area contributed by atoms with Crippen molar-refractivity contribution in [2.24, 2.45) is 5.92 Å². The largest absolute Gasteiger partial charge is 0.477 e. The minimum atomic E-state index is -3.62. The van der Waals surface area contributed by atoms with Crippen molar-refractivity contribution in [2.75, 3.05) is 6.54 Å². The summed E-state index contributed by atoms with van der Waals surface area (Å²) in [4.78, 5) is 13.1. The van der Waals surface area contributed by atoms with Gasteiger partial charge in [-0.1, -0.05) is 19.3 Å². The van der Waals surface area contributed by atoms with Gasteiger partial charge >= 0.3 is 5.97 Å². The van der Waals surface area contributed by atoms with E-state index >= 15 is 0 Å². The molecule has 0 saturated heterocycles. The Hall–Kier alpha value is -1.34. The van der Waals surface area contributed by atoms with Gasteiger partial charge in [-0.15, -0.1) is 0 Å². The summed E-state index contributed by atoms with van der Waals surface area (Å²) >= 11 is 0. The molecule has 0 unspecified atom stereocenters. The Kier molecular flexibility index (Phi) is 4.26. The van der Waals surface area contributed by atoms with Crippen LogP contribution in [-0.2, 0) is 10.0 Å². The molecule has 0 aliphatic heterocycles. The van der Waals surface area contributed by atoms with Crippen molar-refractivity contribution in [1.29, 1.82) is 0 Å². The number of hydrogen-bond donors (Lipinski definition) is 3. The summed E-state index contributed by atoms with van der Waals surface area (Å²) in [7, 11) is -3.62. The lowest BCUT2D eigenvalue weighted by Crippen LogP contribution is -2.30. The Bertz CT molecular complexity index is 544. The fourth-order valence-electron chi connectivity index (χ4n) is 2.36. The van der Waals surface area contributed by atoms with E-state index in [1.807, 2.05) is 0 Å². The smallest absolute Gasteiger partial charge is 0.352 e. The summed E-state index contributed by atoms with van der Waals surface area (Å²) in [6.45, 7) is 0.427. The van der Waals surface area contributed by atoms with E-state index < -0.39 is 16.0 Å². The van der Waals surface area contributed by atoms with Crippen molar-refractivity contribution in [1.82, 2.24) is 9.71 Å². The lowest BCUT2D eigenvalue weighted by atomic mass is 9.90. The van der Waals surface area contributed by atoms with Crippen LogP contribution in [0.15, 0.2) is 17.2 Å². The van der Waals surface area contributed by atoms with Gasteiger partial charge in [0.25, 0.3) is 0 Å². The molecule has 0 amide bonds. The van der Waals surface area contributed by atoms with Gasteiger partial charge in [-0.05, 0) is 24.8 Å². The van der Waals surface area contributed by atoms with Gasteiger partial charge in [-0.2, -0.15) is 0 Å². The van der Waals surface area contributed by atoms with E-state index in [-0.39, 0.29) is 10.6 Å². The van der Waals surface area contributed by atoms with Crippen LogP contribution in [0.25, 0.3) is 0 Å². The number of nitrogens with one attached hydrogen (secondary N) is 2. The van der Waals surface area contributed by atoms with Crippen LogP contribution in [-0.4, -0.2) is 31.0 Å². The molecule has 1 aliphatic rings. The topological polar surface area (TPSA) is 99.3 Å². The van der Waals surface area contributed by atoms with Crippen LogP contribution in [0, 0.1) is 5.92 Å². The molecule has 1 aliphatic carbocycles. The van der Waals surface area contributed by atoms with Gasteiger partial charge in [0.15, 0.2) is 0 Å². The minimum Gasteiger partial charge on any atom is -0.477 e. The zero-order valence-corrected chi connectivity index (χ0v) is 11.4. The molecule has 1 aromatic rings. The first kappa shape index (κ1) is 14.1. The second kappa shape index (κ2) is 5.75. The number of carbonyl (C=O) groups is 1. The van der Waals surface area contributed by atoms with Crippen molar-refractivity contribution in [3.63, 3.8) is 0 Å². The van der Waals surface area contributed by atoms with Crippen LogP contribution in [0.5, 0.6) is 0 Å². The van der Waals surface area contributed by atoms with E-state index in [2.05, 4.69) is 9.71 Å². The number of aromatic nitrogens is 1. The maximum Gasteiger partial charge on any atom is 0.352 e. The average molecular weight is 286 g/mol. The van der Waals surface area contributed by atoms with Crippen LogP contribution in [0.4, 0.5) is 0 Å². The van der Waals surface area contributed by atoms with Gasteiger partial charge in [0.05, 0.1) is 0 Å². The van der Waals surface area contributed by atoms with Crippen molar-refractivity contribution >= 4 is 16.0 Å². The lowest BCUT2D eigenvalue weighted by molar-refractivity contribution is 0.0691. The number of aromatic amines is 1. The Morgan fingerprint density at radius 2 is 2.05 bits per heavy atom. The highest BCUT2D eigenvalue weighted by molar-refractivity contribution is 7.89. The zero-order valence-electron chi connectivity index (χ0n) is 10.6. The highest BCUT2D eigenvalue weighted by atomic mass is 32.2. The summed E-state index contributed by atoms with van der Waals surface area (Å²) in [5, 5.41) is 8.75. The molecular weight excluding hydrogens is 268 g/mol. The first-order chi connectivity index (χ1) is 8.99. The number of carboxylic acid groups (broad SMARTS) is 1. The van der Waals surface area contributed by atoms with Crippen molar-refractivity contribution < 1.29 is 18.3 Å². The van der Waals surface area contributed by atoms with Crippen LogP contribution < -0.4 is 4.72 Å². The van der Waals surface area contributed by atoms with Crippen molar-refractivity contribution in [2.45, 2.75) is 37.0 Å². The number of rotatable bonds is 5. The molecule has 0 radical (unpaired) electrons. The molecule has 1 fully saturated rings. The van der Waals surface area contributed by atoms with Gasteiger partial charge in [-0.25, -0.2) is 17.9 Å². The molecule has 3 N–H and O–H groups in total.